The van der Waals surface area contributed by atoms with Gasteiger partial charge in [0.05, 0.1) is 5.69 Å². The summed E-state index contributed by atoms with van der Waals surface area (Å²) in [6.45, 7) is 3.15. The summed E-state index contributed by atoms with van der Waals surface area (Å²) in [7, 11) is -3.43. The van der Waals surface area contributed by atoms with Gasteiger partial charge < -0.3 is 15.2 Å². The Morgan fingerprint density at radius 2 is 2.10 bits per heavy atom. The highest BCUT2D eigenvalue weighted by molar-refractivity contribution is 7.88. The summed E-state index contributed by atoms with van der Waals surface area (Å²) in [4.78, 5) is 13.5. The van der Waals surface area contributed by atoms with Gasteiger partial charge in [0.25, 0.3) is 0 Å². The van der Waals surface area contributed by atoms with Gasteiger partial charge in [-0.05, 0) is 6.92 Å². The number of amides is 1. The minimum absolute atomic E-state index is 0.0291. The normalized spacial score (nSPS) is 18.7. The van der Waals surface area contributed by atoms with Crippen molar-refractivity contribution in [1.29, 1.82) is 0 Å². The van der Waals surface area contributed by atoms with Crippen molar-refractivity contribution in [2.75, 3.05) is 26.2 Å². The minimum atomic E-state index is -3.43. The Morgan fingerprint density at radius 1 is 1.43 bits per heavy atom. The molecule has 0 bridgehead atoms. The van der Waals surface area contributed by atoms with Crippen LogP contribution in [0.3, 0.4) is 0 Å². The van der Waals surface area contributed by atoms with Crippen molar-refractivity contribution in [1.82, 2.24) is 14.4 Å². The highest BCUT2D eigenvalue weighted by Gasteiger charge is 2.29. The first-order chi connectivity index (χ1) is 9.88. The van der Waals surface area contributed by atoms with Crippen LogP contribution in [0.25, 0.3) is 0 Å². The SMILES string of the molecule is CC(N)CC(=O)N1CCN(S(=O)(=O)Cc2ccon2)CC1. The molecule has 1 aromatic heterocycles. The van der Waals surface area contributed by atoms with Crippen LogP contribution in [0.1, 0.15) is 19.0 Å². The third-order valence-corrected chi connectivity index (χ3v) is 5.12. The van der Waals surface area contributed by atoms with E-state index in [1.54, 1.807) is 11.8 Å². The summed E-state index contributed by atoms with van der Waals surface area (Å²) in [5.74, 6) is -0.212. The van der Waals surface area contributed by atoms with Crippen LogP contribution in [0.2, 0.25) is 0 Å². The molecule has 0 saturated carbocycles. The van der Waals surface area contributed by atoms with Crippen molar-refractivity contribution < 1.29 is 17.7 Å². The lowest BCUT2D eigenvalue weighted by Gasteiger charge is -2.34. The summed E-state index contributed by atoms with van der Waals surface area (Å²) < 4.78 is 30.5. The summed E-state index contributed by atoms with van der Waals surface area (Å²) >= 11 is 0. The second-order valence-electron chi connectivity index (χ2n) is 5.21. The number of nitrogens with two attached hydrogens (primary N) is 1. The molecule has 1 aliphatic rings. The van der Waals surface area contributed by atoms with Gasteiger partial charge in [-0.25, -0.2) is 8.42 Å². The van der Waals surface area contributed by atoms with Gasteiger partial charge in [-0.1, -0.05) is 5.16 Å². The van der Waals surface area contributed by atoms with Crippen LogP contribution in [0.5, 0.6) is 0 Å². The van der Waals surface area contributed by atoms with Gasteiger partial charge in [0.15, 0.2) is 0 Å². The molecular weight excluding hydrogens is 296 g/mol. The summed E-state index contributed by atoms with van der Waals surface area (Å²) in [6, 6.07) is 1.34. The lowest BCUT2D eigenvalue weighted by Crippen LogP contribution is -2.51. The molecule has 21 heavy (non-hydrogen) atoms. The van der Waals surface area contributed by atoms with Crippen LogP contribution >= 0.6 is 0 Å². The molecule has 1 saturated heterocycles. The fraction of sp³-hybridized carbons (Fsp3) is 0.667. The van der Waals surface area contributed by atoms with Crippen molar-refractivity contribution in [3.8, 4) is 0 Å². The second-order valence-corrected chi connectivity index (χ2v) is 7.18. The molecule has 1 atom stereocenters. The molecular formula is C12H20N4O4S. The number of hydrogen-bond acceptors (Lipinski definition) is 6. The van der Waals surface area contributed by atoms with Gasteiger partial charge in [-0.2, -0.15) is 4.31 Å². The molecule has 2 N–H and O–H groups in total. The number of carbonyl (C=O) groups is 1. The zero-order chi connectivity index (χ0) is 15.5. The first-order valence-corrected chi connectivity index (χ1v) is 8.40. The van der Waals surface area contributed by atoms with Crippen LogP contribution in [-0.4, -0.2) is 60.9 Å². The summed E-state index contributed by atoms with van der Waals surface area (Å²) in [5.41, 5.74) is 5.98. The Balaban J connectivity index is 1.90. The van der Waals surface area contributed by atoms with Crippen LogP contribution < -0.4 is 5.73 Å². The van der Waals surface area contributed by atoms with Crippen LogP contribution in [-0.2, 0) is 20.6 Å². The molecule has 1 amide bonds. The fourth-order valence-electron chi connectivity index (χ4n) is 2.21. The largest absolute Gasteiger partial charge is 0.364 e. The molecule has 0 aromatic carbocycles. The Kier molecular flexibility index (Phi) is 4.96. The average Bonchev–Trinajstić information content (AvgIpc) is 2.90. The Hall–Kier alpha value is -1.45. The highest BCUT2D eigenvalue weighted by Crippen LogP contribution is 2.13. The first kappa shape index (κ1) is 15.9. The molecule has 8 nitrogen and oxygen atoms in total. The lowest BCUT2D eigenvalue weighted by molar-refractivity contribution is -0.132. The van der Waals surface area contributed by atoms with Crippen molar-refractivity contribution in [2.24, 2.45) is 5.73 Å². The fourth-order valence-corrected chi connectivity index (χ4v) is 3.64. The van der Waals surface area contributed by atoms with E-state index in [1.807, 2.05) is 0 Å². The molecule has 0 spiro atoms. The van der Waals surface area contributed by atoms with Gasteiger partial charge in [-0.15, -0.1) is 0 Å². The van der Waals surface area contributed by atoms with E-state index < -0.39 is 10.0 Å². The minimum Gasteiger partial charge on any atom is -0.364 e. The smallest absolute Gasteiger partial charge is 0.224 e. The number of hydrogen-bond donors (Lipinski definition) is 1. The monoisotopic (exact) mass is 316 g/mol. The van der Waals surface area contributed by atoms with Crippen LogP contribution in [0.15, 0.2) is 16.9 Å². The quantitative estimate of drug-likeness (QED) is 0.775. The van der Waals surface area contributed by atoms with Gasteiger partial charge in [0, 0.05) is 44.7 Å². The van der Waals surface area contributed by atoms with Gasteiger partial charge in [-0.3, -0.25) is 4.79 Å². The van der Waals surface area contributed by atoms with E-state index in [2.05, 4.69) is 9.68 Å². The maximum atomic E-state index is 12.2. The van der Waals surface area contributed by atoms with Gasteiger partial charge in [0.1, 0.15) is 12.0 Å². The molecule has 1 unspecified atom stereocenters. The van der Waals surface area contributed by atoms with E-state index in [4.69, 9.17) is 5.73 Å². The number of piperazine rings is 1. The Labute approximate surface area is 123 Å². The Bertz CT molecular complexity index is 562. The maximum Gasteiger partial charge on any atom is 0.224 e. The highest BCUT2D eigenvalue weighted by atomic mass is 32.2. The van der Waals surface area contributed by atoms with Crippen molar-refractivity contribution in [2.45, 2.75) is 25.1 Å². The Morgan fingerprint density at radius 3 is 2.62 bits per heavy atom. The van der Waals surface area contributed by atoms with E-state index >= 15 is 0 Å². The van der Waals surface area contributed by atoms with E-state index in [1.165, 1.54) is 16.6 Å². The number of sulfonamides is 1. The zero-order valence-corrected chi connectivity index (χ0v) is 12.8. The third kappa shape index (κ3) is 4.26. The molecule has 118 valence electrons. The number of nitrogens with zero attached hydrogens (tertiary/aromatic N) is 3. The van der Waals surface area contributed by atoms with Crippen molar-refractivity contribution in [3.05, 3.63) is 18.0 Å². The number of rotatable bonds is 5. The second kappa shape index (κ2) is 6.54. The van der Waals surface area contributed by atoms with E-state index in [0.717, 1.165) is 0 Å². The lowest BCUT2D eigenvalue weighted by atomic mass is 10.2. The molecule has 0 radical (unpaired) electrons. The third-order valence-electron chi connectivity index (χ3n) is 3.30. The molecule has 1 aromatic rings. The van der Waals surface area contributed by atoms with Crippen molar-refractivity contribution in [3.63, 3.8) is 0 Å². The first-order valence-electron chi connectivity index (χ1n) is 6.79. The molecule has 2 heterocycles. The van der Waals surface area contributed by atoms with Gasteiger partial charge in [0.2, 0.25) is 15.9 Å². The van der Waals surface area contributed by atoms with Gasteiger partial charge >= 0.3 is 0 Å². The average molecular weight is 316 g/mol. The molecule has 1 aliphatic heterocycles. The topological polar surface area (TPSA) is 110 Å². The predicted octanol–water partition coefficient (Wildman–Crippen LogP) is -0.614. The van der Waals surface area contributed by atoms with Crippen LogP contribution in [0.4, 0.5) is 0 Å². The zero-order valence-electron chi connectivity index (χ0n) is 11.9. The standard InChI is InChI=1S/C12H20N4O4S/c1-10(13)8-12(17)15-3-5-16(6-4-15)21(18,19)9-11-2-7-20-14-11/h2,7,10H,3-6,8-9,13H2,1H3. The molecule has 1 fully saturated rings. The molecule has 9 heteroatoms. The van der Waals surface area contributed by atoms with E-state index in [0.29, 0.717) is 31.9 Å². The molecule has 0 aliphatic carbocycles. The number of carbonyl (C=O) groups excluding carboxylic acids is 1. The number of aromatic nitrogens is 1. The molecule has 2 rings (SSSR count). The predicted molar refractivity (Wildman–Crippen MR) is 75.5 cm³/mol. The van der Waals surface area contributed by atoms with E-state index in [-0.39, 0.29) is 24.1 Å². The summed E-state index contributed by atoms with van der Waals surface area (Å²) in [5, 5.41) is 3.61. The summed E-state index contributed by atoms with van der Waals surface area (Å²) in [6.07, 6.45) is 1.63. The van der Waals surface area contributed by atoms with Crippen molar-refractivity contribution >= 4 is 15.9 Å². The van der Waals surface area contributed by atoms with E-state index in [9.17, 15) is 13.2 Å². The maximum absolute atomic E-state index is 12.2. The van der Waals surface area contributed by atoms with Crippen LogP contribution in [0, 0.1) is 0 Å².